The highest BCUT2D eigenvalue weighted by atomic mass is 19.4. The van der Waals surface area contributed by atoms with Gasteiger partial charge in [-0.1, -0.05) is 43.0 Å². The molecule has 26 heavy (non-hydrogen) atoms. The van der Waals surface area contributed by atoms with Crippen molar-refractivity contribution in [3.05, 3.63) is 48.6 Å². The summed E-state index contributed by atoms with van der Waals surface area (Å²) < 4.78 is 83.4. The van der Waals surface area contributed by atoms with Crippen molar-refractivity contribution < 1.29 is 45.4 Å². The molecule has 0 saturated heterocycles. The zero-order valence-corrected chi connectivity index (χ0v) is 12.9. The summed E-state index contributed by atoms with van der Waals surface area (Å²) in [5, 5.41) is 1.86. The fourth-order valence-electron chi connectivity index (χ4n) is 1.72. The predicted molar refractivity (Wildman–Crippen MR) is 75.9 cm³/mol. The first-order valence-corrected chi connectivity index (χ1v) is 6.90. The molecule has 1 amide bonds. The summed E-state index contributed by atoms with van der Waals surface area (Å²) >= 11 is 0. The van der Waals surface area contributed by atoms with Crippen molar-refractivity contribution in [3.63, 3.8) is 0 Å². The van der Waals surface area contributed by atoms with Crippen molar-refractivity contribution in [2.45, 2.75) is 24.5 Å². The molecule has 0 aromatic heterocycles. The van der Waals surface area contributed by atoms with E-state index in [4.69, 9.17) is 0 Å². The van der Waals surface area contributed by atoms with Gasteiger partial charge in [0.25, 0.3) is 6.10 Å². The lowest BCUT2D eigenvalue weighted by atomic mass is 10.1. The largest absolute Gasteiger partial charge is 0.445 e. The van der Waals surface area contributed by atoms with E-state index >= 15 is 0 Å². The Morgan fingerprint density at radius 1 is 1.08 bits per heavy atom. The fourth-order valence-corrected chi connectivity index (χ4v) is 1.72. The highest BCUT2D eigenvalue weighted by molar-refractivity contribution is 5.83. The molecule has 0 bridgehead atoms. The first-order chi connectivity index (χ1) is 12.0. The van der Waals surface area contributed by atoms with Crippen LogP contribution in [0.2, 0.25) is 0 Å². The highest BCUT2D eigenvalue weighted by Gasteiger charge is 2.60. The van der Waals surface area contributed by atoms with Crippen LogP contribution in [0.15, 0.2) is 43.0 Å². The molecular weight excluding hydrogens is 372 g/mol. The SMILES string of the molecule is C=CCOC(=O)N[C@@H](C(=O)OC(C(F)(F)F)C(F)(F)F)c1ccccc1. The average molecular weight is 385 g/mol. The maximum absolute atomic E-state index is 12.6. The topological polar surface area (TPSA) is 64.6 Å². The summed E-state index contributed by atoms with van der Waals surface area (Å²) in [5.74, 6) is -1.95. The lowest BCUT2D eigenvalue weighted by molar-refractivity contribution is -0.313. The van der Waals surface area contributed by atoms with Gasteiger partial charge in [-0.15, -0.1) is 0 Å². The summed E-state index contributed by atoms with van der Waals surface area (Å²) in [6.45, 7) is 2.96. The molecule has 0 heterocycles. The van der Waals surface area contributed by atoms with Crippen molar-refractivity contribution in [1.29, 1.82) is 0 Å². The number of alkyl halides is 6. The Morgan fingerprint density at radius 3 is 2.08 bits per heavy atom. The maximum atomic E-state index is 12.6. The van der Waals surface area contributed by atoms with E-state index in [1.807, 2.05) is 5.32 Å². The first kappa shape index (κ1) is 21.3. The fraction of sp³-hybridized carbons (Fsp3) is 0.333. The number of nitrogens with one attached hydrogen (secondary N) is 1. The number of carbonyl (C=O) groups is 2. The molecular formula is C15H13F6NO4. The molecule has 0 aliphatic rings. The van der Waals surface area contributed by atoms with E-state index in [9.17, 15) is 35.9 Å². The number of rotatable bonds is 6. The summed E-state index contributed by atoms with van der Waals surface area (Å²) in [6, 6.07) is 4.66. The number of alkyl carbamates (subject to hydrolysis) is 1. The van der Waals surface area contributed by atoms with Crippen molar-refractivity contribution in [3.8, 4) is 0 Å². The number of esters is 1. The van der Waals surface area contributed by atoms with Gasteiger partial charge in [0.1, 0.15) is 6.61 Å². The zero-order valence-electron chi connectivity index (χ0n) is 12.9. The second kappa shape index (κ2) is 8.59. The Morgan fingerprint density at radius 2 is 1.62 bits per heavy atom. The van der Waals surface area contributed by atoms with Crippen LogP contribution >= 0.6 is 0 Å². The molecule has 0 radical (unpaired) electrons. The molecule has 0 unspecified atom stereocenters. The molecule has 1 rings (SSSR count). The number of benzene rings is 1. The number of hydrogen-bond acceptors (Lipinski definition) is 4. The Kier molecular flexibility index (Phi) is 7.04. The monoisotopic (exact) mass is 385 g/mol. The first-order valence-electron chi connectivity index (χ1n) is 6.90. The molecule has 0 aliphatic carbocycles. The van der Waals surface area contributed by atoms with Gasteiger partial charge in [-0.3, -0.25) is 0 Å². The third kappa shape index (κ3) is 6.30. The van der Waals surface area contributed by atoms with E-state index in [0.29, 0.717) is 0 Å². The second-order valence-corrected chi connectivity index (χ2v) is 4.78. The Bertz CT molecular complexity index is 615. The molecule has 0 fully saturated rings. The van der Waals surface area contributed by atoms with E-state index in [0.717, 1.165) is 0 Å². The zero-order chi connectivity index (χ0) is 20.0. The standard InChI is InChI=1S/C15H13F6NO4/c1-2-8-25-13(24)22-10(9-6-4-3-5-7-9)11(23)26-12(14(16,17)18)15(19,20)21/h2-7,10,12H,1,8H2,(H,22,24)/t10-/m1/s1. The van der Waals surface area contributed by atoms with E-state index in [2.05, 4.69) is 16.1 Å². The third-order valence-corrected chi connectivity index (χ3v) is 2.79. The molecule has 1 aromatic rings. The number of amides is 1. The minimum atomic E-state index is -5.88. The molecule has 144 valence electrons. The van der Waals surface area contributed by atoms with Crippen LogP contribution in [0.25, 0.3) is 0 Å². The van der Waals surface area contributed by atoms with Crippen LogP contribution in [0, 0.1) is 0 Å². The van der Waals surface area contributed by atoms with E-state index in [1.54, 1.807) is 0 Å². The molecule has 1 atom stereocenters. The number of halogens is 6. The maximum Gasteiger partial charge on any atom is 0.434 e. The van der Waals surface area contributed by atoms with E-state index in [-0.39, 0.29) is 12.2 Å². The summed E-state index contributed by atoms with van der Waals surface area (Å²) in [5.41, 5.74) is -0.101. The van der Waals surface area contributed by atoms with Crippen LogP contribution in [0.3, 0.4) is 0 Å². The lowest BCUT2D eigenvalue weighted by Gasteiger charge is -2.25. The highest BCUT2D eigenvalue weighted by Crippen LogP contribution is 2.36. The van der Waals surface area contributed by atoms with Crippen molar-refractivity contribution >= 4 is 12.1 Å². The Hall–Kier alpha value is -2.72. The Balaban J connectivity index is 3.07. The van der Waals surface area contributed by atoms with Crippen molar-refractivity contribution in [1.82, 2.24) is 5.32 Å². The summed E-state index contributed by atoms with van der Waals surface area (Å²) in [6.07, 6.45) is -16.2. The van der Waals surface area contributed by atoms with Crippen LogP contribution in [0.1, 0.15) is 11.6 Å². The van der Waals surface area contributed by atoms with Gasteiger partial charge in [0.15, 0.2) is 6.04 Å². The molecule has 1 N–H and O–H groups in total. The van der Waals surface area contributed by atoms with Gasteiger partial charge in [-0.25, -0.2) is 9.59 Å². The van der Waals surface area contributed by atoms with Crippen LogP contribution < -0.4 is 5.32 Å². The predicted octanol–water partition coefficient (Wildman–Crippen LogP) is 3.68. The normalized spacial score (nSPS) is 13.0. The third-order valence-electron chi connectivity index (χ3n) is 2.79. The quantitative estimate of drug-likeness (QED) is 0.461. The van der Waals surface area contributed by atoms with Gasteiger partial charge in [0, 0.05) is 0 Å². The van der Waals surface area contributed by atoms with E-state index in [1.165, 1.54) is 36.4 Å². The van der Waals surface area contributed by atoms with Crippen molar-refractivity contribution in [2.75, 3.05) is 6.61 Å². The molecule has 0 spiro atoms. The number of carbonyl (C=O) groups excluding carboxylic acids is 2. The molecule has 0 aliphatic heterocycles. The average Bonchev–Trinajstić information content (AvgIpc) is 2.54. The smallest absolute Gasteiger partial charge is 0.434 e. The van der Waals surface area contributed by atoms with Crippen LogP contribution in [0.5, 0.6) is 0 Å². The van der Waals surface area contributed by atoms with Gasteiger partial charge in [-0.2, -0.15) is 26.3 Å². The van der Waals surface area contributed by atoms with Crippen LogP contribution in [-0.4, -0.2) is 37.1 Å². The minimum Gasteiger partial charge on any atom is -0.445 e. The minimum absolute atomic E-state index is 0.101. The van der Waals surface area contributed by atoms with Crippen molar-refractivity contribution in [2.24, 2.45) is 0 Å². The summed E-state index contributed by atoms with van der Waals surface area (Å²) in [7, 11) is 0. The van der Waals surface area contributed by atoms with Crippen LogP contribution in [0.4, 0.5) is 31.1 Å². The number of ether oxygens (including phenoxy) is 2. The van der Waals surface area contributed by atoms with Gasteiger partial charge in [0.2, 0.25) is 0 Å². The second-order valence-electron chi connectivity index (χ2n) is 4.78. The van der Waals surface area contributed by atoms with Crippen LogP contribution in [-0.2, 0) is 14.3 Å². The molecule has 1 aromatic carbocycles. The van der Waals surface area contributed by atoms with E-state index < -0.39 is 36.6 Å². The van der Waals surface area contributed by atoms with Gasteiger partial charge >= 0.3 is 24.4 Å². The lowest BCUT2D eigenvalue weighted by Crippen LogP contribution is -2.47. The molecule has 11 heteroatoms. The Labute approximate surface area is 143 Å². The molecule has 5 nitrogen and oxygen atoms in total. The number of hydrogen-bond donors (Lipinski definition) is 1. The van der Waals surface area contributed by atoms with Gasteiger partial charge in [0.05, 0.1) is 0 Å². The van der Waals surface area contributed by atoms with Gasteiger partial charge in [-0.05, 0) is 5.56 Å². The molecule has 0 saturated carbocycles. The summed E-state index contributed by atoms with van der Waals surface area (Å²) in [4.78, 5) is 23.5. The van der Waals surface area contributed by atoms with Gasteiger partial charge < -0.3 is 14.8 Å².